The average Bonchev–Trinajstić information content (AvgIpc) is 2.68. The molecule has 0 heterocycles. The standard InChI is InChI=1S/C11H15ClO/c12-9-10-4-1-2-5-11(9,10)7-8(13)3-6-10/h9H,1-7H2. The first kappa shape index (κ1) is 8.28. The first-order valence-electron chi connectivity index (χ1n) is 5.37. The Kier molecular flexibility index (Phi) is 1.47. The Labute approximate surface area is 83.8 Å². The van der Waals surface area contributed by atoms with Gasteiger partial charge >= 0.3 is 0 Å². The van der Waals surface area contributed by atoms with E-state index in [1.165, 1.54) is 25.7 Å². The smallest absolute Gasteiger partial charge is 0.133 e. The molecule has 3 saturated carbocycles. The van der Waals surface area contributed by atoms with Crippen LogP contribution in [0.25, 0.3) is 0 Å². The van der Waals surface area contributed by atoms with E-state index in [-0.39, 0.29) is 5.41 Å². The molecule has 0 aromatic carbocycles. The van der Waals surface area contributed by atoms with Crippen LogP contribution in [0, 0.1) is 10.8 Å². The fourth-order valence-electron chi connectivity index (χ4n) is 3.97. The van der Waals surface area contributed by atoms with E-state index in [1.54, 1.807) is 0 Å². The Morgan fingerprint density at radius 1 is 1.15 bits per heavy atom. The summed E-state index contributed by atoms with van der Waals surface area (Å²) in [6.45, 7) is 0. The molecule has 2 heteroatoms. The van der Waals surface area contributed by atoms with Crippen LogP contribution in [-0.2, 0) is 4.79 Å². The molecule has 0 spiro atoms. The molecule has 0 aliphatic heterocycles. The van der Waals surface area contributed by atoms with Crippen LogP contribution in [-0.4, -0.2) is 11.2 Å². The molecule has 3 rings (SSSR count). The van der Waals surface area contributed by atoms with Crippen molar-refractivity contribution < 1.29 is 4.79 Å². The van der Waals surface area contributed by atoms with Crippen LogP contribution in [0.1, 0.15) is 44.9 Å². The molecule has 13 heavy (non-hydrogen) atoms. The van der Waals surface area contributed by atoms with Crippen LogP contribution in [0.5, 0.6) is 0 Å². The lowest BCUT2D eigenvalue weighted by Crippen LogP contribution is -2.27. The van der Waals surface area contributed by atoms with Gasteiger partial charge in [0.05, 0.1) is 0 Å². The summed E-state index contributed by atoms with van der Waals surface area (Å²) in [6.07, 6.45) is 7.80. The van der Waals surface area contributed by atoms with Crippen LogP contribution < -0.4 is 0 Å². The van der Waals surface area contributed by atoms with Gasteiger partial charge in [-0.2, -0.15) is 0 Å². The Morgan fingerprint density at radius 3 is 2.62 bits per heavy atom. The highest BCUT2D eigenvalue weighted by Gasteiger charge is 2.76. The number of halogens is 1. The van der Waals surface area contributed by atoms with Gasteiger partial charge in [-0.3, -0.25) is 4.79 Å². The number of Topliss-reactive ketones (excluding diaryl/α,β-unsaturated/α-hetero) is 1. The van der Waals surface area contributed by atoms with Gasteiger partial charge in [-0.25, -0.2) is 0 Å². The zero-order valence-corrected chi connectivity index (χ0v) is 8.57. The van der Waals surface area contributed by atoms with Crippen molar-refractivity contribution >= 4 is 17.4 Å². The van der Waals surface area contributed by atoms with E-state index in [2.05, 4.69) is 0 Å². The molecular weight excluding hydrogens is 184 g/mol. The first-order chi connectivity index (χ1) is 6.21. The number of alkyl halides is 1. The average molecular weight is 199 g/mol. The molecular formula is C11H15ClO. The van der Waals surface area contributed by atoms with Gasteiger partial charge in [0.15, 0.2) is 0 Å². The summed E-state index contributed by atoms with van der Waals surface area (Å²) in [4.78, 5) is 11.4. The van der Waals surface area contributed by atoms with Gasteiger partial charge in [0, 0.05) is 23.6 Å². The summed E-state index contributed by atoms with van der Waals surface area (Å²) >= 11 is 6.42. The molecule has 3 unspecified atom stereocenters. The maximum absolute atomic E-state index is 11.4. The summed E-state index contributed by atoms with van der Waals surface area (Å²) in [5.74, 6) is 0.459. The molecule has 0 bridgehead atoms. The van der Waals surface area contributed by atoms with Gasteiger partial charge in [0.2, 0.25) is 0 Å². The molecule has 72 valence electrons. The van der Waals surface area contributed by atoms with E-state index in [0.29, 0.717) is 16.6 Å². The Bertz CT molecular complexity index is 275. The molecule has 3 atom stereocenters. The predicted octanol–water partition coefficient (Wildman–Crippen LogP) is 2.91. The summed E-state index contributed by atoms with van der Waals surface area (Å²) < 4.78 is 0. The third-order valence-corrected chi connectivity index (χ3v) is 5.57. The summed E-state index contributed by atoms with van der Waals surface area (Å²) in [7, 11) is 0. The van der Waals surface area contributed by atoms with E-state index in [1.807, 2.05) is 0 Å². The minimum absolute atomic E-state index is 0.266. The zero-order valence-electron chi connectivity index (χ0n) is 7.81. The number of hydrogen-bond acceptors (Lipinski definition) is 1. The Balaban J connectivity index is 1.96. The number of rotatable bonds is 0. The summed E-state index contributed by atoms with van der Waals surface area (Å²) in [5.41, 5.74) is 0.669. The first-order valence-corrected chi connectivity index (χ1v) is 5.81. The van der Waals surface area contributed by atoms with E-state index in [0.717, 1.165) is 19.3 Å². The molecule has 0 radical (unpaired) electrons. The van der Waals surface area contributed by atoms with Crippen LogP contribution in [0.15, 0.2) is 0 Å². The third-order valence-electron chi connectivity index (χ3n) is 4.74. The molecule has 0 aromatic rings. The van der Waals surface area contributed by atoms with Crippen molar-refractivity contribution in [2.24, 2.45) is 10.8 Å². The molecule has 0 aromatic heterocycles. The van der Waals surface area contributed by atoms with Crippen molar-refractivity contribution in [1.82, 2.24) is 0 Å². The highest BCUT2D eigenvalue weighted by Crippen LogP contribution is 2.78. The van der Waals surface area contributed by atoms with Gasteiger partial charge < -0.3 is 0 Å². The number of hydrogen-bond donors (Lipinski definition) is 0. The SMILES string of the molecule is O=C1CCC23CCCCC2(C1)C3Cl. The van der Waals surface area contributed by atoms with Crippen molar-refractivity contribution in [3.63, 3.8) is 0 Å². The number of ketones is 1. The van der Waals surface area contributed by atoms with Crippen LogP contribution in [0.2, 0.25) is 0 Å². The van der Waals surface area contributed by atoms with Crippen molar-refractivity contribution in [3.8, 4) is 0 Å². The fourth-order valence-corrected chi connectivity index (χ4v) is 4.74. The van der Waals surface area contributed by atoms with Crippen LogP contribution in [0.4, 0.5) is 0 Å². The van der Waals surface area contributed by atoms with Crippen molar-refractivity contribution in [3.05, 3.63) is 0 Å². The van der Waals surface area contributed by atoms with Gasteiger partial charge in [0.25, 0.3) is 0 Å². The van der Waals surface area contributed by atoms with Crippen molar-refractivity contribution in [1.29, 1.82) is 0 Å². The largest absolute Gasteiger partial charge is 0.300 e. The molecule has 0 N–H and O–H groups in total. The highest BCUT2D eigenvalue weighted by atomic mass is 35.5. The second-order valence-electron chi connectivity index (χ2n) is 5.10. The third kappa shape index (κ3) is 0.782. The second kappa shape index (κ2) is 2.31. The lowest BCUT2D eigenvalue weighted by atomic mass is 9.71. The summed E-state index contributed by atoms with van der Waals surface area (Å²) in [6, 6.07) is 0. The van der Waals surface area contributed by atoms with E-state index in [9.17, 15) is 4.79 Å². The molecule has 1 nitrogen and oxygen atoms in total. The quantitative estimate of drug-likeness (QED) is 0.547. The minimum atomic E-state index is 0.266. The van der Waals surface area contributed by atoms with Crippen LogP contribution >= 0.6 is 11.6 Å². The maximum Gasteiger partial charge on any atom is 0.133 e. The van der Waals surface area contributed by atoms with E-state index < -0.39 is 0 Å². The molecule has 3 aliphatic carbocycles. The minimum Gasteiger partial charge on any atom is -0.300 e. The van der Waals surface area contributed by atoms with Crippen molar-refractivity contribution in [2.45, 2.75) is 50.3 Å². The molecule has 3 aliphatic rings. The van der Waals surface area contributed by atoms with E-state index >= 15 is 0 Å². The monoisotopic (exact) mass is 198 g/mol. The number of carbonyl (C=O) groups is 1. The second-order valence-corrected chi connectivity index (χ2v) is 5.53. The highest BCUT2D eigenvalue weighted by molar-refractivity contribution is 6.24. The summed E-state index contributed by atoms with van der Waals surface area (Å²) in [5, 5.41) is 0.328. The predicted molar refractivity (Wildman–Crippen MR) is 51.8 cm³/mol. The van der Waals surface area contributed by atoms with Crippen molar-refractivity contribution in [2.75, 3.05) is 0 Å². The Hall–Kier alpha value is -0.0400. The fraction of sp³-hybridized carbons (Fsp3) is 0.909. The normalized spacial score (nSPS) is 53.9. The van der Waals surface area contributed by atoms with Crippen LogP contribution in [0.3, 0.4) is 0 Å². The Morgan fingerprint density at radius 2 is 1.85 bits per heavy atom. The molecule has 0 saturated heterocycles. The number of carbonyl (C=O) groups excluding carboxylic acids is 1. The lowest BCUT2D eigenvalue weighted by Gasteiger charge is -2.32. The van der Waals surface area contributed by atoms with Gasteiger partial charge in [-0.1, -0.05) is 12.8 Å². The molecule has 3 fully saturated rings. The van der Waals surface area contributed by atoms with Gasteiger partial charge in [-0.15, -0.1) is 11.6 Å². The van der Waals surface area contributed by atoms with Gasteiger partial charge in [0.1, 0.15) is 5.78 Å². The zero-order chi connectivity index (χ0) is 9.10. The maximum atomic E-state index is 11.4. The van der Waals surface area contributed by atoms with Gasteiger partial charge in [-0.05, 0) is 24.7 Å². The molecule has 0 amide bonds. The van der Waals surface area contributed by atoms with E-state index in [4.69, 9.17) is 11.6 Å². The lowest BCUT2D eigenvalue weighted by molar-refractivity contribution is -0.123. The topological polar surface area (TPSA) is 17.1 Å².